The summed E-state index contributed by atoms with van der Waals surface area (Å²) in [6.07, 6.45) is 1.79. The molecule has 1 aromatic carbocycles. The SMILES string of the molecule is COc1[nH]c2ccccc2c1-c1ccccn1. The lowest BCUT2D eigenvalue weighted by atomic mass is 10.1. The minimum atomic E-state index is 0.755. The number of hydrogen-bond acceptors (Lipinski definition) is 2. The van der Waals surface area contributed by atoms with E-state index >= 15 is 0 Å². The Bertz CT molecular complexity index is 644. The topological polar surface area (TPSA) is 37.9 Å². The number of hydrogen-bond donors (Lipinski definition) is 1. The van der Waals surface area contributed by atoms with Crippen LogP contribution in [0.3, 0.4) is 0 Å². The lowest BCUT2D eigenvalue weighted by Crippen LogP contribution is -1.87. The van der Waals surface area contributed by atoms with Crippen LogP contribution in [0.25, 0.3) is 22.2 Å². The largest absolute Gasteiger partial charge is 0.482 e. The van der Waals surface area contributed by atoms with E-state index in [2.05, 4.69) is 16.0 Å². The lowest BCUT2D eigenvalue weighted by Gasteiger charge is -2.02. The molecule has 0 aliphatic rings. The van der Waals surface area contributed by atoms with Crippen LogP contribution in [0.2, 0.25) is 0 Å². The van der Waals surface area contributed by atoms with E-state index < -0.39 is 0 Å². The average molecular weight is 224 g/mol. The van der Waals surface area contributed by atoms with Gasteiger partial charge in [0.2, 0.25) is 5.88 Å². The molecule has 0 amide bonds. The molecule has 0 fully saturated rings. The zero-order valence-electron chi connectivity index (χ0n) is 9.47. The number of ether oxygens (including phenoxy) is 1. The van der Waals surface area contributed by atoms with E-state index in [4.69, 9.17) is 4.74 Å². The number of nitrogens with zero attached hydrogens (tertiary/aromatic N) is 1. The van der Waals surface area contributed by atoms with Gasteiger partial charge in [-0.25, -0.2) is 0 Å². The summed E-state index contributed by atoms with van der Waals surface area (Å²) in [7, 11) is 1.66. The Morgan fingerprint density at radius 2 is 1.88 bits per heavy atom. The lowest BCUT2D eigenvalue weighted by molar-refractivity contribution is 0.403. The highest BCUT2D eigenvalue weighted by Gasteiger charge is 2.13. The summed E-state index contributed by atoms with van der Waals surface area (Å²) in [5, 5.41) is 1.13. The fraction of sp³-hybridized carbons (Fsp3) is 0.0714. The maximum Gasteiger partial charge on any atom is 0.201 e. The van der Waals surface area contributed by atoms with Crippen molar-refractivity contribution in [3.05, 3.63) is 48.7 Å². The molecule has 1 N–H and O–H groups in total. The molecule has 0 aliphatic carbocycles. The zero-order chi connectivity index (χ0) is 11.7. The van der Waals surface area contributed by atoms with Gasteiger partial charge in [-0.3, -0.25) is 4.98 Å². The van der Waals surface area contributed by atoms with Crippen molar-refractivity contribution >= 4 is 10.9 Å². The number of nitrogens with one attached hydrogen (secondary N) is 1. The van der Waals surface area contributed by atoms with Gasteiger partial charge in [-0.2, -0.15) is 0 Å². The highest BCUT2D eigenvalue weighted by atomic mass is 16.5. The molecule has 2 aromatic heterocycles. The number of pyridine rings is 1. The zero-order valence-corrected chi connectivity index (χ0v) is 9.47. The summed E-state index contributed by atoms with van der Waals surface area (Å²) in [5.41, 5.74) is 3.00. The van der Waals surface area contributed by atoms with Crippen LogP contribution in [0, 0.1) is 0 Å². The molecule has 0 bridgehead atoms. The minimum Gasteiger partial charge on any atom is -0.482 e. The fourth-order valence-corrected chi connectivity index (χ4v) is 2.04. The predicted octanol–water partition coefficient (Wildman–Crippen LogP) is 3.24. The predicted molar refractivity (Wildman–Crippen MR) is 68.1 cm³/mol. The third-order valence-electron chi connectivity index (χ3n) is 2.80. The Morgan fingerprint density at radius 1 is 1.06 bits per heavy atom. The second-order valence-corrected chi connectivity index (χ2v) is 3.79. The number of rotatable bonds is 2. The van der Waals surface area contributed by atoms with Crippen molar-refractivity contribution in [3.63, 3.8) is 0 Å². The maximum absolute atomic E-state index is 5.39. The number of benzene rings is 1. The first-order valence-corrected chi connectivity index (χ1v) is 5.46. The van der Waals surface area contributed by atoms with Crippen LogP contribution in [-0.4, -0.2) is 17.1 Å². The maximum atomic E-state index is 5.39. The van der Waals surface area contributed by atoms with Crippen molar-refractivity contribution < 1.29 is 4.74 Å². The monoisotopic (exact) mass is 224 g/mol. The summed E-state index contributed by atoms with van der Waals surface area (Å²) in [4.78, 5) is 7.63. The molecule has 0 radical (unpaired) electrons. The molecule has 17 heavy (non-hydrogen) atoms. The van der Waals surface area contributed by atoms with Crippen LogP contribution >= 0.6 is 0 Å². The summed E-state index contributed by atoms with van der Waals surface area (Å²) >= 11 is 0. The first-order valence-electron chi connectivity index (χ1n) is 5.46. The van der Waals surface area contributed by atoms with Crippen LogP contribution in [0.4, 0.5) is 0 Å². The van der Waals surface area contributed by atoms with E-state index in [-0.39, 0.29) is 0 Å². The van der Waals surface area contributed by atoms with Crippen molar-refractivity contribution in [1.82, 2.24) is 9.97 Å². The average Bonchev–Trinajstić information content (AvgIpc) is 2.78. The number of aromatic nitrogens is 2. The Balaban J connectivity index is 2.34. The van der Waals surface area contributed by atoms with E-state index in [1.807, 2.05) is 36.4 Å². The van der Waals surface area contributed by atoms with Gasteiger partial charge in [-0.15, -0.1) is 0 Å². The molecule has 2 heterocycles. The van der Waals surface area contributed by atoms with Crippen LogP contribution < -0.4 is 4.74 Å². The Kier molecular flexibility index (Phi) is 2.29. The Labute approximate surface area is 99.1 Å². The molecular formula is C14H12N2O. The Hall–Kier alpha value is -2.29. The quantitative estimate of drug-likeness (QED) is 0.725. The smallest absolute Gasteiger partial charge is 0.201 e. The summed E-state index contributed by atoms with van der Waals surface area (Å²) in [6.45, 7) is 0. The van der Waals surface area contributed by atoms with Gasteiger partial charge >= 0.3 is 0 Å². The van der Waals surface area contributed by atoms with Gasteiger partial charge in [-0.05, 0) is 18.2 Å². The second kappa shape index (κ2) is 3.94. The first kappa shape index (κ1) is 9.90. The number of H-pyrrole nitrogens is 1. The van der Waals surface area contributed by atoms with Crippen molar-refractivity contribution in [1.29, 1.82) is 0 Å². The summed E-state index contributed by atoms with van der Waals surface area (Å²) in [5.74, 6) is 0.755. The van der Waals surface area contributed by atoms with Gasteiger partial charge in [0.15, 0.2) is 0 Å². The summed E-state index contributed by atoms with van der Waals surface area (Å²) in [6, 6.07) is 14.0. The normalized spacial score (nSPS) is 10.6. The van der Waals surface area contributed by atoms with Crippen molar-refractivity contribution in [3.8, 4) is 17.1 Å². The number of methoxy groups -OCH3 is 1. The van der Waals surface area contributed by atoms with Crippen molar-refractivity contribution in [2.45, 2.75) is 0 Å². The van der Waals surface area contributed by atoms with Crippen molar-refractivity contribution in [2.75, 3.05) is 7.11 Å². The molecule has 84 valence electrons. The molecule has 3 rings (SSSR count). The second-order valence-electron chi connectivity index (χ2n) is 3.79. The third-order valence-corrected chi connectivity index (χ3v) is 2.80. The number of fused-ring (bicyclic) bond motifs is 1. The van der Waals surface area contributed by atoms with E-state index in [0.717, 1.165) is 28.0 Å². The van der Waals surface area contributed by atoms with Gasteiger partial charge in [-0.1, -0.05) is 24.3 Å². The molecule has 0 unspecified atom stereocenters. The molecule has 0 aliphatic heterocycles. The third kappa shape index (κ3) is 1.56. The standard InChI is InChI=1S/C14H12N2O/c1-17-14-13(12-8-4-5-9-15-12)10-6-2-3-7-11(10)16-14/h2-9,16H,1H3. The molecule has 0 spiro atoms. The van der Waals surface area contributed by atoms with Gasteiger partial charge in [0.1, 0.15) is 0 Å². The van der Waals surface area contributed by atoms with E-state index in [9.17, 15) is 0 Å². The van der Waals surface area contributed by atoms with Gasteiger partial charge in [0, 0.05) is 17.1 Å². The fourth-order valence-electron chi connectivity index (χ4n) is 2.04. The van der Waals surface area contributed by atoms with E-state index in [1.54, 1.807) is 13.3 Å². The highest BCUT2D eigenvalue weighted by molar-refractivity contribution is 5.98. The van der Waals surface area contributed by atoms with Crippen LogP contribution in [0.15, 0.2) is 48.7 Å². The molecular weight excluding hydrogens is 212 g/mol. The molecule has 0 atom stereocenters. The van der Waals surface area contributed by atoms with Crippen molar-refractivity contribution in [2.24, 2.45) is 0 Å². The number of aromatic amines is 1. The minimum absolute atomic E-state index is 0.755. The molecule has 0 saturated carbocycles. The van der Waals surface area contributed by atoms with Crippen LogP contribution in [-0.2, 0) is 0 Å². The van der Waals surface area contributed by atoms with E-state index in [1.165, 1.54) is 0 Å². The van der Waals surface area contributed by atoms with Crippen LogP contribution in [0.5, 0.6) is 5.88 Å². The molecule has 3 heteroatoms. The molecule has 0 saturated heterocycles. The van der Waals surface area contributed by atoms with Gasteiger partial charge < -0.3 is 9.72 Å². The summed E-state index contributed by atoms with van der Waals surface area (Å²) < 4.78 is 5.39. The molecule has 3 nitrogen and oxygen atoms in total. The number of para-hydroxylation sites is 1. The van der Waals surface area contributed by atoms with Gasteiger partial charge in [0.25, 0.3) is 0 Å². The molecule has 3 aromatic rings. The van der Waals surface area contributed by atoms with E-state index in [0.29, 0.717) is 0 Å². The highest BCUT2D eigenvalue weighted by Crippen LogP contribution is 2.35. The Morgan fingerprint density at radius 3 is 2.65 bits per heavy atom. The van der Waals surface area contributed by atoms with Gasteiger partial charge in [0.05, 0.1) is 18.4 Å². The van der Waals surface area contributed by atoms with Crippen LogP contribution in [0.1, 0.15) is 0 Å². The first-order chi connectivity index (χ1) is 8.40.